The van der Waals surface area contributed by atoms with Crippen LogP contribution in [0.5, 0.6) is 0 Å². The molecule has 1 fully saturated rings. The first-order valence-corrected chi connectivity index (χ1v) is 9.76. The van der Waals surface area contributed by atoms with Crippen LogP contribution in [-0.2, 0) is 4.79 Å². The first-order valence-electron chi connectivity index (χ1n) is 9.76. The summed E-state index contributed by atoms with van der Waals surface area (Å²) in [6.07, 6.45) is 1.38. The summed E-state index contributed by atoms with van der Waals surface area (Å²) in [6, 6.07) is 10.8. The lowest BCUT2D eigenvalue weighted by atomic mass is 10.2. The minimum Gasteiger partial charge on any atom is -0.368 e. The molecule has 144 valence electrons. The fourth-order valence-electron chi connectivity index (χ4n) is 2.95. The third-order valence-corrected chi connectivity index (χ3v) is 4.66. The molecule has 6 heteroatoms. The van der Waals surface area contributed by atoms with E-state index in [4.69, 9.17) is 0 Å². The number of benzene rings is 1. The lowest BCUT2D eigenvalue weighted by Crippen LogP contribution is -2.52. The van der Waals surface area contributed by atoms with Gasteiger partial charge in [0.15, 0.2) is 5.96 Å². The molecule has 1 aromatic carbocycles. The fourth-order valence-corrected chi connectivity index (χ4v) is 2.95. The van der Waals surface area contributed by atoms with Gasteiger partial charge in [0.25, 0.3) is 0 Å². The summed E-state index contributed by atoms with van der Waals surface area (Å²) in [5.41, 5.74) is 1.27. The van der Waals surface area contributed by atoms with Crippen molar-refractivity contribution in [2.24, 2.45) is 4.99 Å². The largest absolute Gasteiger partial charge is 0.368 e. The van der Waals surface area contributed by atoms with Gasteiger partial charge in [0.2, 0.25) is 5.91 Å². The molecule has 1 aromatic rings. The highest BCUT2D eigenvalue weighted by molar-refractivity contribution is 5.81. The third kappa shape index (κ3) is 6.24. The molecule has 6 nitrogen and oxygen atoms in total. The minimum absolute atomic E-state index is 0.0767. The Bertz CT molecular complexity index is 567. The number of amides is 1. The highest BCUT2D eigenvalue weighted by atomic mass is 16.1. The highest BCUT2D eigenvalue weighted by Gasteiger charge is 2.19. The van der Waals surface area contributed by atoms with Crippen LogP contribution in [0.1, 0.15) is 33.6 Å². The lowest BCUT2D eigenvalue weighted by molar-refractivity contribution is -0.121. The second kappa shape index (κ2) is 10.7. The van der Waals surface area contributed by atoms with Crippen LogP contribution in [-0.4, -0.2) is 62.1 Å². The van der Waals surface area contributed by atoms with Crippen molar-refractivity contribution >= 4 is 17.6 Å². The zero-order chi connectivity index (χ0) is 18.8. The molecule has 1 saturated heterocycles. The van der Waals surface area contributed by atoms with Crippen molar-refractivity contribution in [2.75, 3.05) is 44.2 Å². The number of anilines is 1. The van der Waals surface area contributed by atoms with Crippen molar-refractivity contribution in [3.05, 3.63) is 30.3 Å². The molecule has 2 N–H and O–H groups in total. The number of guanidine groups is 1. The Balaban J connectivity index is 1.84. The Hall–Kier alpha value is -2.24. The number of nitrogens with zero attached hydrogens (tertiary/aromatic N) is 3. The van der Waals surface area contributed by atoms with Crippen LogP contribution in [0.2, 0.25) is 0 Å². The first-order chi connectivity index (χ1) is 12.6. The van der Waals surface area contributed by atoms with E-state index in [0.717, 1.165) is 45.1 Å². The highest BCUT2D eigenvalue weighted by Crippen LogP contribution is 2.15. The Morgan fingerprint density at radius 3 is 2.46 bits per heavy atom. The van der Waals surface area contributed by atoms with Crippen molar-refractivity contribution in [1.82, 2.24) is 15.5 Å². The van der Waals surface area contributed by atoms with E-state index in [0.29, 0.717) is 13.0 Å². The molecule has 26 heavy (non-hydrogen) atoms. The van der Waals surface area contributed by atoms with Crippen LogP contribution < -0.4 is 15.5 Å². The normalized spacial score (nSPS) is 16.3. The summed E-state index contributed by atoms with van der Waals surface area (Å²) in [7, 11) is 0. The lowest BCUT2D eigenvalue weighted by Gasteiger charge is -2.37. The van der Waals surface area contributed by atoms with Crippen LogP contribution in [0.4, 0.5) is 5.69 Å². The smallest absolute Gasteiger partial charge is 0.222 e. The third-order valence-electron chi connectivity index (χ3n) is 4.66. The van der Waals surface area contributed by atoms with Gasteiger partial charge in [-0.2, -0.15) is 0 Å². The van der Waals surface area contributed by atoms with Gasteiger partial charge in [-0.1, -0.05) is 25.1 Å². The van der Waals surface area contributed by atoms with Gasteiger partial charge < -0.3 is 20.4 Å². The summed E-state index contributed by atoms with van der Waals surface area (Å²) in [4.78, 5) is 21.3. The van der Waals surface area contributed by atoms with Crippen molar-refractivity contribution < 1.29 is 4.79 Å². The van der Waals surface area contributed by atoms with Crippen LogP contribution in [0.25, 0.3) is 0 Å². The van der Waals surface area contributed by atoms with E-state index in [1.165, 1.54) is 5.69 Å². The topological polar surface area (TPSA) is 60.0 Å². The zero-order valence-corrected chi connectivity index (χ0v) is 16.4. The van der Waals surface area contributed by atoms with Crippen molar-refractivity contribution in [3.8, 4) is 0 Å². The number of hydrogen-bond acceptors (Lipinski definition) is 3. The Morgan fingerprint density at radius 2 is 1.85 bits per heavy atom. The van der Waals surface area contributed by atoms with Gasteiger partial charge in [-0.15, -0.1) is 0 Å². The molecule has 0 aromatic heterocycles. The van der Waals surface area contributed by atoms with Crippen LogP contribution in [0, 0.1) is 0 Å². The summed E-state index contributed by atoms with van der Waals surface area (Å²) in [6.45, 7) is 11.3. The molecule has 0 aliphatic carbocycles. The number of carbonyl (C=O) groups is 1. The predicted molar refractivity (Wildman–Crippen MR) is 109 cm³/mol. The van der Waals surface area contributed by atoms with Crippen molar-refractivity contribution in [1.29, 1.82) is 0 Å². The Morgan fingerprint density at radius 1 is 1.15 bits per heavy atom. The quantitative estimate of drug-likeness (QED) is 0.578. The molecule has 1 heterocycles. The Labute approximate surface area is 157 Å². The minimum atomic E-state index is 0.0767. The predicted octanol–water partition coefficient (Wildman–Crippen LogP) is 2.08. The zero-order valence-electron chi connectivity index (χ0n) is 16.4. The summed E-state index contributed by atoms with van der Waals surface area (Å²) in [5.74, 6) is 0.990. The van der Waals surface area contributed by atoms with E-state index >= 15 is 0 Å². The molecule has 0 spiro atoms. The molecule has 1 amide bonds. The van der Waals surface area contributed by atoms with Crippen molar-refractivity contribution in [3.63, 3.8) is 0 Å². The number of piperazine rings is 1. The molecule has 1 aliphatic rings. The summed E-state index contributed by atoms with van der Waals surface area (Å²) in [5, 5.41) is 6.35. The van der Waals surface area contributed by atoms with Gasteiger partial charge in [0, 0.05) is 50.9 Å². The van der Waals surface area contributed by atoms with Gasteiger partial charge in [-0.25, -0.2) is 0 Å². The van der Waals surface area contributed by atoms with E-state index in [1.807, 2.05) is 13.0 Å². The van der Waals surface area contributed by atoms with Gasteiger partial charge >= 0.3 is 0 Å². The van der Waals surface area contributed by atoms with E-state index in [9.17, 15) is 4.79 Å². The standard InChI is InChI=1S/C20H33N5O/c1-4-17(3)23-19(26)11-12-22-20(21-5-2)25-15-13-24(14-16-25)18-9-7-6-8-10-18/h6-10,17H,4-5,11-16H2,1-3H3,(H,21,22)(H,23,26). The molecule has 2 rings (SSSR count). The number of aliphatic imine (C=N–C) groups is 1. The van der Waals surface area contributed by atoms with Crippen LogP contribution >= 0.6 is 0 Å². The second-order valence-corrected chi connectivity index (χ2v) is 6.67. The average molecular weight is 360 g/mol. The summed E-state index contributed by atoms with van der Waals surface area (Å²) >= 11 is 0. The fraction of sp³-hybridized carbons (Fsp3) is 0.600. The maximum absolute atomic E-state index is 11.9. The van der Waals surface area contributed by atoms with E-state index in [2.05, 4.69) is 63.5 Å². The van der Waals surface area contributed by atoms with Crippen LogP contribution in [0.15, 0.2) is 35.3 Å². The van der Waals surface area contributed by atoms with E-state index in [-0.39, 0.29) is 11.9 Å². The number of hydrogen-bond donors (Lipinski definition) is 2. The van der Waals surface area contributed by atoms with Crippen LogP contribution in [0.3, 0.4) is 0 Å². The first kappa shape index (κ1) is 20.1. The average Bonchev–Trinajstić information content (AvgIpc) is 2.68. The number of carbonyl (C=O) groups excluding carboxylic acids is 1. The van der Waals surface area contributed by atoms with E-state index in [1.54, 1.807) is 0 Å². The molecule has 1 unspecified atom stereocenters. The maximum atomic E-state index is 11.9. The molecule has 1 aliphatic heterocycles. The van der Waals surface area contributed by atoms with Crippen molar-refractivity contribution in [2.45, 2.75) is 39.7 Å². The SMILES string of the molecule is CCNC(=NCCC(=O)NC(C)CC)N1CCN(c2ccccc2)CC1. The molecular weight excluding hydrogens is 326 g/mol. The van der Waals surface area contributed by atoms with Gasteiger partial charge in [-0.3, -0.25) is 9.79 Å². The molecule has 0 radical (unpaired) electrons. The second-order valence-electron chi connectivity index (χ2n) is 6.67. The number of rotatable bonds is 7. The van der Waals surface area contributed by atoms with Gasteiger partial charge in [0.05, 0.1) is 6.54 Å². The number of para-hydroxylation sites is 1. The van der Waals surface area contributed by atoms with E-state index < -0.39 is 0 Å². The maximum Gasteiger partial charge on any atom is 0.222 e. The molecule has 0 saturated carbocycles. The van der Waals surface area contributed by atoms with Gasteiger partial charge in [-0.05, 0) is 32.4 Å². The number of nitrogens with one attached hydrogen (secondary N) is 2. The summed E-state index contributed by atoms with van der Waals surface area (Å²) < 4.78 is 0. The van der Waals surface area contributed by atoms with Gasteiger partial charge in [0.1, 0.15) is 0 Å². The molecule has 1 atom stereocenters. The monoisotopic (exact) mass is 359 g/mol. The Kier molecular flexibility index (Phi) is 8.25. The molecular formula is C20H33N5O. The molecule has 0 bridgehead atoms.